The summed E-state index contributed by atoms with van der Waals surface area (Å²) in [5.41, 5.74) is 0. The number of rotatable bonds is 3. The fourth-order valence-corrected chi connectivity index (χ4v) is 3.43. The second-order valence-corrected chi connectivity index (χ2v) is 7.44. The van der Waals surface area contributed by atoms with Crippen LogP contribution in [0.4, 0.5) is 0 Å². The first kappa shape index (κ1) is 12.2. The molecule has 14 heavy (non-hydrogen) atoms. The zero-order valence-electron chi connectivity index (χ0n) is 10.3. The molecule has 3 atom stereocenters. The minimum Gasteiger partial charge on any atom is -0.414 e. The molecule has 0 aromatic carbocycles. The third-order valence-electron chi connectivity index (χ3n) is 3.35. The van der Waals surface area contributed by atoms with E-state index in [0.29, 0.717) is 6.10 Å². The summed E-state index contributed by atoms with van der Waals surface area (Å²) in [6.45, 7) is 11.6. The SMILES string of the molecule is CC(C)[C@@H]1CC[C@@H](C)C[C@H]1O[Si](C)C. The van der Waals surface area contributed by atoms with E-state index in [1.165, 1.54) is 19.3 Å². The molecule has 0 amide bonds. The highest BCUT2D eigenvalue weighted by molar-refractivity contribution is 6.48. The maximum absolute atomic E-state index is 6.14. The largest absolute Gasteiger partial charge is 0.414 e. The van der Waals surface area contributed by atoms with E-state index in [9.17, 15) is 0 Å². The first-order chi connectivity index (χ1) is 6.50. The zero-order chi connectivity index (χ0) is 10.7. The Hall–Kier alpha value is 0.177. The zero-order valence-corrected chi connectivity index (χ0v) is 11.3. The molecule has 1 fully saturated rings. The second-order valence-electron chi connectivity index (χ2n) is 5.39. The van der Waals surface area contributed by atoms with Crippen molar-refractivity contribution in [2.45, 2.75) is 59.2 Å². The fraction of sp³-hybridized carbons (Fsp3) is 1.00. The minimum absolute atomic E-state index is 0.522. The van der Waals surface area contributed by atoms with Crippen LogP contribution in [0.15, 0.2) is 0 Å². The van der Waals surface area contributed by atoms with Crippen LogP contribution in [0.2, 0.25) is 13.1 Å². The van der Waals surface area contributed by atoms with Gasteiger partial charge in [0, 0.05) is 6.10 Å². The summed E-state index contributed by atoms with van der Waals surface area (Å²) < 4.78 is 6.14. The Morgan fingerprint density at radius 3 is 2.36 bits per heavy atom. The molecule has 1 aliphatic rings. The van der Waals surface area contributed by atoms with E-state index in [4.69, 9.17) is 4.43 Å². The van der Waals surface area contributed by atoms with Crippen LogP contribution in [0.3, 0.4) is 0 Å². The molecule has 0 unspecified atom stereocenters. The third-order valence-corrected chi connectivity index (χ3v) is 4.12. The average molecular weight is 213 g/mol. The van der Waals surface area contributed by atoms with Crippen LogP contribution in [0.25, 0.3) is 0 Å². The highest BCUT2D eigenvalue weighted by Crippen LogP contribution is 2.35. The van der Waals surface area contributed by atoms with Crippen LogP contribution in [-0.2, 0) is 4.43 Å². The van der Waals surface area contributed by atoms with Crippen molar-refractivity contribution in [3.8, 4) is 0 Å². The molecule has 1 saturated carbocycles. The topological polar surface area (TPSA) is 9.23 Å². The van der Waals surface area contributed by atoms with E-state index < -0.39 is 9.04 Å². The standard InChI is InChI=1S/C12H25OSi/c1-9(2)11-7-6-10(3)8-12(11)13-14(4)5/h9-12H,6-8H2,1-5H3/t10-,11+,12-/m1/s1. The number of hydrogen-bond acceptors (Lipinski definition) is 1. The molecule has 1 radical (unpaired) electrons. The monoisotopic (exact) mass is 213 g/mol. The average Bonchev–Trinajstić information content (AvgIpc) is 2.01. The molecule has 0 aromatic heterocycles. The van der Waals surface area contributed by atoms with Gasteiger partial charge in [0.05, 0.1) is 0 Å². The maximum atomic E-state index is 6.14. The van der Waals surface area contributed by atoms with E-state index in [1.807, 2.05) is 0 Å². The van der Waals surface area contributed by atoms with Gasteiger partial charge in [-0.1, -0.05) is 27.2 Å². The molecule has 0 bridgehead atoms. The third kappa shape index (κ3) is 3.39. The van der Waals surface area contributed by atoms with E-state index in [0.717, 1.165) is 17.8 Å². The molecule has 0 saturated heterocycles. The lowest BCUT2D eigenvalue weighted by Gasteiger charge is -2.38. The van der Waals surface area contributed by atoms with Crippen molar-refractivity contribution in [3.05, 3.63) is 0 Å². The quantitative estimate of drug-likeness (QED) is 0.649. The van der Waals surface area contributed by atoms with Gasteiger partial charge in [-0.15, -0.1) is 0 Å². The summed E-state index contributed by atoms with van der Waals surface area (Å²) in [5, 5.41) is 0. The summed E-state index contributed by atoms with van der Waals surface area (Å²) in [6, 6.07) is 0. The van der Waals surface area contributed by atoms with Crippen molar-refractivity contribution < 1.29 is 4.43 Å². The molecule has 0 heterocycles. The van der Waals surface area contributed by atoms with Gasteiger partial charge in [-0.2, -0.15) is 0 Å². The molecule has 83 valence electrons. The summed E-state index contributed by atoms with van der Waals surface area (Å²) in [4.78, 5) is 0. The first-order valence-electron chi connectivity index (χ1n) is 5.97. The van der Waals surface area contributed by atoms with Crippen LogP contribution in [0, 0.1) is 17.8 Å². The van der Waals surface area contributed by atoms with Crippen molar-refractivity contribution in [1.82, 2.24) is 0 Å². The van der Waals surface area contributed by atoms with Gasteiger partial charge < -0.3 is 4.43 Å². The van der Waals surface area contributed by atoms with E-state index in [2.05, 4.69) is 33.9 Å². The van der Waals surface area contributed by atoms with Gasteiger partial charge in [0.15, 0.2) is 0 Å². The molecular weight excluding hydrogens is 188 g/mol. The Morgan fingerprint density at radius 2 is 1.86 bits per heavy atom. The lowest BCUT2D eigenvalue weighted by atomic mass is 9.75. The predicted molar refractivity (Wildman–Crippen MR) is 63.7 cm³/mol. The molecule has 0 spiro atoms. The molecule has 1 nitrogen and oxygen atoms in total. The van der Waals surface area contributed by atoms with Gasteiger partial charge in [-0.25, -0.2) is 0 Å². The van der Waals surface area contributed by atoms with Crippen LogP contribution in [0.1, 0.15) is 40.0 Å². The van der Waals surface area contributed by atoms with Crippen molar-refractivity contribution >= 4 is 9.04 Å². The minimum atomic E-state index is -0.522. The Bertz CT molecular complexity index is 166. The van der Waals surface area contributed by atoms with E-state index >= 15 is 0 Å². The van der Waals surface area contributed by atoms with Crippen molar-refractivity contribution in [3.63, 3.8) is 0 Å². The molecule has 0 aromatic rings. The van der Waals surface area contributed by atoms with Crippen molar-refractivity contribution in [2.75, 3.05) is 0 Å². The molecule has 0 N–H and O–H groups in total. The Kier molecular flexibility index (Phi) is 4.65. The summed E-state index contributed by atoms with van der Waals surface area (Å²) in [6.07, 6.45) is 4.62. The summed E-state index contributed by atoms with van der Waals surface area (Å²) in [5.74, 6) is 2.47. The molecule has 2 heteroatoms. The molecule has 1 rings (SSSR count). The van der Waals surface area contributed by atoms with Gasteiger partial charge in [0.25, 0.3) is 0 Å². The highest BCUT2D eigenvalue weighted by atomic mass is 28.3. The predicted octanol–water partition coefficient (Wildman–Crippen LogP) is 3.71. The maximum Gasteiger partial charge on any atom is 0.205 e. The van der Waals surface area contributed by atoms with Crippen LogP contribution in [-0.4, -0.2) is 15.1 Å². The van der Waals surface area contributed by atoms with Crippen molar-refractivity contribution in [2.24, 2.45) is 17.8 Å². The van der Waals surface area contributed by atoms with Gasteiger partial charge in [-0.3, -0.25) is 0 Å². The Labute approximate surface area is 91.0 Å². The van der Waals surface area contributed by atoms with Crippen LogP contribution >= 0.6 is 0 Å². The first-order valence-corrected chi connectivity index (χ1v) is 8.38. The van der Waals surface area contributed by atoms with Gasteiger partial charge >= 0.3 is 0 Å². The molecule has 0 aliphatic heterocycles. The second kappa shape index (κ2) is 5.31. The van der Waals surface area contributed by atoms with Crippen LogP contribution < -0.4 is 0 Å². The normalized spacial score (nSPS) is 34.1. The fourth-order valence-electron chi connectivity index (χ4n) is 2.55. The Morgan fingerprint density at radius 1 is 1.21 bits per heavy atom. The molecular formula is C12H25OSi. The summed E-state index contributed by atoms with van der Waals surface area (Å²) in [7, 11) is -0.522. The van der Waals surface area contributed by atoms with E-state index in [-0.39, 0.29) is 0 Å². The van der Waals surface area contributed by atoms with Crippen molar-refractivity contribution in [1.29, 1.82) is 0 Å². The van der Waals surface area contributed by atoms with Gasteiger partial charge in [-0.05, 0) is 43.7 Å². The lowest BCUT2D eigenvalue weighted by Crippen LogP contribution is -2.36. The molecule has 1 aliphatic carbocycles. The highest BCUT2D eigenvalue weighted by Gasteiger charge is 2.31. The lowest BCUT2D eigenvalue weighted by molar-refractivity contribution is 0.0453. The Balaban J connectivity index is 2.54. The smallest absolute Gasteiger partial charge is 0.205 e. The van der Waals surface area contributed by atoms with Crippen LogP contribution in [0.5, 0.6) is 0 Å². The number of hydrogen-bond donors (Lipinski definition) is 0. The van der Waals surface area contributed by atoms with Gasteiger partial charge in [0.1, 0.15) is 0 Å². The van der Waals surface area contributed by atoms with Gasteiger partial charge in [0.2, 0.25) is 9.04 Å². The summed E-state index contributed by atoms with van der Waals surface area (Å²) >= 11 is 0. The van der Waals surface area contributed by atoms with E-state index in [1.54, 1.807) is 0 Å².